The van der Waals surface area contributed by atoms with E-state index in [9.17, 15) is 9.59 Å². The fraction of sp³-hybridized carbons (Fsp3) is 0.0833. The van der Waals surface area contributed by atoms with Gasteiger partial charge in [-0.1, -0.05) is 23.2 Å². The average molecular weight is 314 g/mol. The molecule has 0 unspecified atom stereocenters. The molecule has 1 heterocycles. The highest BCUT2D eigenvalue weighted by Gasteiger charge is 2.12. The van der Waals surface area contributed by atoms with Crippen molar-refractivity contribution in [3.63, 3.8) is 0 Å². The van der Waals surface area contributed by atoms with E-state index in [1.165, 1.54) is 29.2 Å². The molecule has 2 aromatic rings. The molecule has 0 aliphatic carbocycles. The average Bonchev–Trinajstić information content (AvgIpc) is 2.75. The Hall–Kier alpha value is -2.05. The number of carboxylic acid groups (broad SMARTS) is 1. The summed E-state index contributed by atoms with van der Waals surface area (Å²) in [5.74, 6) is -1.45. The van der Waals surface area contributed by atoms with Crippen LogP contribution in [0.4, 0.5) is 5.69 Å². The van der Waals surface area contributed by atoms with Crippen molar-refractivity contribution in [2.24, 2.45) is 0 Å². The van der Waals surface area contributed by atoms with Crippen molar-refractivity contribution in [3.8, 4) is 0 Å². The summed E-state index contributed by atoms with van der Waals surface area (Å²) in [5, 5.41) is 15.7. The van der Waals surface area contributed by atoms with Crippen molar-refractivity contribution in [1.29, 1.82) is 0 Å². The summed E-state index contributed by atoms with van der Waals surface area (Å²) in [6.07, 6.45) is 2.76. The van der Waals surface area contributed by atoms with Gasteiger partial charge in [-0.25, -0.2) is 0 Å². The number of aliphatic carboxylic acids is 1. The van der Waals surface area contributed by atoms with Crippen LogP contribution in [0.25, 0.3) is 0 Å². The van der Waals surface area contributed by atoms with E-state index < -0.39 is 11.9 Å². The molecule has 8 heteroatoms. The van der Waals surface area contributed by atoms with Gasteiger partial charge in [0.1, 0.15) is 6.54 Å². The molecule has 104 valence electrons. The molecule has 0 radical (unpaired) electrons. The van der Waals surface area contributed by atoms with Crippen LogP contribution in [0, 0.1) is 0 Å². The molecule has 0 aliphatic heterocycles. The number of anilines is 1. The third kappa shape index (κ3) is 3.49. The Labute approximate surface area is 123 Å². The van der Waals surface area contributed by atoms with Crippen LogP contribution in [0.2, 0.25) is 10.0 Å². The summed E-state index contributed by atoms with van der Waals surface area (Å²) in [5.41, 5.74) is 0.643. The van der Waals surface area contributed by atoms with Gasteiger partial charge in [0.25, 0.3) is 5.91 Å². The third-order valence-corrected chi connectivity index (χ3v) is 2.91. The molecule has 2 rings (SSSR count). The van der Waals surface area contributed by atoms with Crippen molar-refractivity contribution >= 4 is 40.8 Å². The highest BCUT2D eigenvalue weighted by atomic mass is 35.5. The number of carboxylic acids is 1. The van der Waals surface area contributed by atoms with Crippen LogP contribution in [0.15, 0.2) is 30.6 Å². The molecular weight excluding hydrogens is 305 g/mol. The van der Waals surface area contributed by atoms with Crippen LogP contribution >= 0.6 is 23.2 Å². The maximum Gasteiger partial charge on any atom is 0.325 e. The summed E-state index contributed by atoms with van der Waals surface area (Å²) in [6, 6.07) is 4.52. The topological polar surface area (TPSA) is 84.2 Å². The second-order valence-electron chi connectivity index (χ2n) is 3.90. The van der Waals surface area contributed by atoms with Crippen molar-refractivity contribution in [3.05, 3.63) is 46.2 Å². The molecule has 0 aliphatic rings. The van der Waals surface area contributed by atoms with Crippen LogP contribution in [0.1, 0.15) is 10.4 Å². The summed E-state index contributed by atoms with van der Waals surface area (Å²) in [4.78, 5) is 22.5. The van der Waals surface area contributed by atoms with E-state index in [2.05, 4.69) is 10.4 Å². The van der Waals surface area contributed by atoms with Crippen molar-refractivity contribution in [2.75, 3.05) is 5.32 Å². The number of hydrogen-bond acceptors (Lipinski definition) is 3. The standard InChI is InChI=1S/C12H9Cl2N3O3/c13-7-1-2-9(10(14)3-7)12(20)16-8-4-15-17(5-8)6-11(18)19/h1-5H,6H2,(H,16,20)(H,18,19). The van der Waals surface area contributed by atoms with Crippen LogP contribution in [0.3, 0.4) is 0 Å². The van der Waals surface area contributed by atoms with E-state index >= 15 is 0 Å². The monoisotopic (exact) mass is 313 g/mol. The number of hydrogen-bond donors (Lipinski definition) is 2. The molecule has 0 bridgehead atoms. The van der Waals surface area contributed by atoms with E-state index in [-0.39, 0.29) is 17.1 Å². The Morgan fingerprint density at radius 2 is 2.10 bits per heavy atom. The van der Waals surface area contributed by atoms with Gasteiger partial charge in [0.15, 0.2) is 0 Å². The molecule has 1 amide bonds. The zero-order valence-electron chi connectivity index (χ0n) is 10.0. The Bertz CT molecular complexity index is 670. The Morgan fingerprint density at radius 1 is 1.35 bits per heavy atom. The zero-order valence-corrected chi connectivity index (χ0v) is 11.5. The van der Waals surface area contributed by atoms with E-state index in [1.54, 1.807) is 6.07 Å². The number of amides is 1. The van der Waals surface area contributed by atoms with Crippen molar-refractivity contribution < 1.29 is 14.7 Å². The second-order valence-corrected chi connectivity index (χ2v) is 4.74. The van der Waals surface area contributed by atoms with Gasteiger partial charge in [0, 0.05) is 11.2 Å². The fourth-order valence-corrected chi connectivity index (χ4v) is 2.02. The minimum absolute atomic E-state index is 0.230. The van der Waals surface area contributed by atoms with E-state index in [4.69, 9.17) is 28.3 Å². The van der Waals surface area contributed by atoms with Gasteiger partial charge in [-0.3, -0.25) is 14.3 Å². The maximum absolute atomic E-state index is 12.0. The van der Waals surface area contributed by atoms with Crippen LogP contribution in [-0.2, 0) is 11.3 Å². The molecule has 0 atom stereocenters. The first-order valence-corrected chi connectivity index (χ1v) is 6.22. The zero-order chi connectivity index (χ0) is 14.7. The Morgan fingerprint density at radius 3 is 2.75 bits per heavy atom. The lowest BCUT2D eigenvalue weighted by Crippen LogP contribution is -2.12. The number of aromatic nitrogens is 2. The number of nitrogens with one attached hydrogen (secondary N) is 1. The molecule has 0 spiro atoms. The molecule has 6 nitrogen and oxygen atoms in total. The minimum atomic E-state index is -1.02. The van der Waals surface area contributed by atoms with Gasteiger partial charge in [0.05, 0.1) is 22.5 Å². The number of rotatable bonds is 4. The molecule has 20 heavy (non-hydrogen) atoms. The first kappa shape index (κ1) is 14.4. The SMILES string of the molecule is O=C(O)Cn1cc(NC(=O)c2ccc(Cl)cc2Cl)cn1. The van der Waals surface area contributed by atoms with Gasteiger partial charge in [0.2, 0.25) is 0 Å². The van der Waals surface area contributed by atoms with Gasteiger partial charge in [-0.05, 0) is 18.2 Å². The van der Waals surface area contributed by atoms with Crippen LogP contribution in [0.5, 0.6) is 0 Å². The Kier molecular flexibility index (Phi) is 4.26. The van der Waals surface area contributed by atoms with Gasteiger partial charge >= 0.3 is 5.97 Å². The molecule has 0 fully saturated rings. The first-order chi connectivity index (χ1) is 9.45. The predicted molar refractivity (Wildman–Crippen MR) is 74.3 cm³/mol. The van der Waals surface area contributed by atoms with E-state index in [0.717, 1.165) is 0 Å². The predicted octanol–water partition coefficient (Wildman–Crippen LogP) is 2.53. The molecular formula is C12H9Cl2N3O3. The maximum atomic E-state index is 12.0. The molecule has 0 saturated carbocycles. The van der Waals surface area contributed by atoms with Crippen LogP contribution in [-0.4, -0.2) is 26.8 Å². The highest BCUT2D eigenvalue weighted by molar-refractivity contribution is 6.37. The van der Waals surface area contributed by atoms with Crippen LogP contribution < -0.4 is 5.32 Å². The second kappa shape index (κ2) is 5.94. The number of halogens is 2. The fourth-order valence-electron chi connectivity index (χ4n) is 1.53. The summed E-state index contributed by atoms with van der Waals surface area (Å²) in [6.45, 7) is -0.280. The van der Waals surface area contributed by atoms with Crippen molar-refractivity contribution in [2.45, 2.75) is 6.54 Å². The normalized spacial score (nSPS) is 10.3. The number of carbonyl (C=O) groups excluding carboxylic acids is 1. The van der Waals surface area contributed by atoms with Crippen molar-refractivity contribution in [1.82, 2.24) is 9.78 Å². The van der Waals surface area contributed by atoms with E-state index in [1.807, 2.05) is 0 Å². The van der Waals surface area contributed by atoms with Gasteiger partial charge < -0.3 is 10.4 Å². The lowest BCUT2D eigenvalue weighted by molar-refractivity contribution is -0.137. The number of carbonyl (C=O) groups is 2. The third-order valence-electron chi connectivity index (χ3n) is 2.36. The smallest absolute Gasteiger partial charge is 0.325 e. The largest absolute Gasteiger partial charge is 0.480 e. The quantitative estimate of drug-likeness (QED) is 0.908. The molecule has 2 N–H and O–H groups in total. The first-order valence-electron chi connectivity index (χ1n) is 5.46. The lowest BCUT2D eigenvalue weighted by Gasteiger charge is -2.04. The number of benzene rings is 1. The molecule has 0 saturated heterocycles. The lowest BCUT2D eigenvalue weighted by atomic mass is 10.2. The summed E-state index contributed by atoms with van der Waals surface area (Å²) >= 11 is 11.7. The van der Waals surface area contributed by atoms with Gasteiger partial charge in [-0.15, -0.1) is 0 Å². The minimum Gasteiger partial charge on any atom is -0.480 e. The highest BCUT2D eigenvalue weighted by Crippen LogP contribution is 2.21. The summed E-state index contributed by atoms with van der Waals surface area (Å²) in [7, 11) is 0. The van der Waals surface area contributed by atoms with Gasteiger partial charge in [-0.2, -0.15) is 5.10 Å². The Balaban J connectivity index is 2.11. The van der Waals surface area contributed by atoms with E-state index in [0.29, 0.717) is 10.7 Å². The summed E-state index contributed by atoms with van der Waals surface area (Å²) < 4.78 is 1.20. The molecule has 1 aromatic heterocycles. The molecule has 1 aromatic carbocycles. The number of nitrogens with zero attached hydrogens (tertiary/aromatic N) is 2.